The maximum atomic E-state index is 10.8. The third kappa shape index (κ3) is 2.55. The van der Waals surface area contributed by atoms with Gasteiger partial charge in [-0.1, -0.05) is 12.1 Å². The van der Waals surface area contributed by atoms with E-state index in [4.69, 9.17) is 11.0 Å². The zero-order chi connectivity index (χ0) is 15.5. The Bertz CT molecular complexity index is 894. The van der Waals surface area contributed by atoms with Crippen LogP contribution in [0.15, 0.2) is 36.4 Å². The van der Waals surface area contributed by atoms with Gasteiger partial charge >= 0.3 is 0 Å². The molecule has 0 saturated carbocycles. The van der Waals surface area contributed by atoms with E-state index in [1.54, 1.807) is 34.8 Å². The third-order valence-corrected chi connectivity index (χ3v) is 2.96. The normalized spacial score (nSPS) is 10.3. The minimum Gasteiger partial charge on any atom is -0.368 e. The lowest BCUT2D eigenvalue weighted by Crippen LogP contribution is -2.22. The number of nitriles is 1. The van der Waals surface area contributed by atoms with E-state index >= 15 is 0 Å². The summed E-state index contributed by atoms with van der Waals surface area (Å²) in [6.07, 6.45) is 0. The van der Waals surface area contributed by atoms with Crippen LogP contribution in [-0.4, -0.2) is 32.3 Å². The molecule has 8 nitrogen and oxygen atoms in total. The van der Waals surface area contributed by atoms with Gasteiger partial charge in [-0.25, -0.2) is 0 Å². The molecule has 3 aromatic rings. The number of fused-ring (bicyclic) bond motifs is 1. The third-order valence-electron chi connectivity index (χ3n) is 2.96. The molecule has 8 heteroatoms. The fraction of sp³-hybridized carbons (Fsp3) is 0.0714. The van der Waals surface area contributed by atoms with Crippen molar-refractivity contribution < 1.29 is 4.79 Å². The summed E-state index contributed by atoms with van der Waals surface area (Å²) in [5, 5.41) is 24.3. The van der Waals surface area contributed by atoms with Crippen LogP contribution in [0, 0.1) is 11.3 Å². The summed E-state index contributed by atoms with van der Waals surface area (Å²) < 4.78 is 1.54. The minimum atomic E-state index is -0.479. The Morgan fingerprint density at radius 2 is 2.18 bits per heavy atom. The number of nitrogens with two attached hydrogens (primary N) is 1. The average molecular weight is 293 g/mol. The molecule has 1 aromatic carbocycles. The van der Waals surface area contributed by atoms with Crippen molar-refractivity contribution in [1.82, 2.24) is 19.8 Å². The van der Waals surface area contributed by atoms with Crippen LogP contribution in [0.25, 0.3) is 17.0 Å². The highest BCUT2D eigenvalue weighted by molar-refractivity contribution is 5.78. The number of nitrogens with one attached hydrogen (secondary N) is 1. The second-order valence-corrected chi connectivity index (χ2v) is 4.52. The Labute approximate surface area is 125 Å². The summed E-state index contributed by atoms with van der Waals surface area (Å²) in [6, 6.07) is 12.5. The van der Waals surface area contributed by atoms with Crippen LogP contribution in [0.2, 0.25) is 0 Å². The smallest absolute Gasteiger partial charge is 0.236 e. The van der Waals surface area contributed by atoms with Gasteiger partial charge in [0.05, 0.1) is 18.2 Å². The number of nitrogens with zero attached hydrogens (tertiary/aromatic N) is 5. The molecular formula is C14H11N7O. The zero-order valence-corrected chi connectivity index (χ0v) is 11.4. The first-order valence-electron chi connectivity index (χ1n) is 6.42. The fourth-order valence-electron chi connectivity index (χ4n) is 1.97. The number of benzene rings is 1. The first kappa shape index (κ1) is 13.5. The van der Waals surface area contributed by atoms with Crippen molar-refractivity contribution in [1.29, 1.82) is 5.26 Å². The lowest BCUT2D eigenvalue weighted by atomic mass is 10.1. The number of carbonyl (C=O) groups is 1. The number of aromatic nitrogens is 4. The number of amides is 1. The topological polar surface area (TPSA) is 122 Å². The van der Waals surface area contributed by atoms with Crippen LogP contribution < -0.4 is 11.1 Å². The van der Waals surface area contributed by atoms with E-state index in [2.05, 4.69) is 26.7 Å². The first-order valence-corrected chi connectivity index (χ1v) is 6.42. The van der Waals surface area contributed by atoms with Gasteiger partial charge in [0, 0.05) is 5.56 Å². The molecule has 0 unspecified atom stereocenters. The molecule has 0 aliphatic rings. The maximum absolute atomic E-state index is 10.8. The van der Waals surface area contributed by atoms with Crippen molar-refractivity contribution in [2.75, 3.05) is 11.9 Å². The van der Waals surface area contributed by atoms with Gasteiger partial charge in [0.2, 0.25) is 5.91 Å². The molecule has 3 rings (SSSR count). The molecule has 2 heterocycles. The van der Waals surface area contributed by atoms with Gasteiger partial charge in [0.25, 0.3) is 0 Å². The van der Waals surface area contributed by atoms with E-state index < -0.39 is 5.91 Å². The second kappa shape index (κ2) is 5.49. The van der Waals surface area contributed by atoms with E-state index in [1.807, 2.05) is 6.07 Å². The quantitative estimate of drug-likeness (QED) is 0.724. The molecule has 0 fully saturated rings. The van der Waals surface area contributed by atoms with Crippen LogP contribution in [0.1, 0.15) is 5.56 Å². The molecule has 108 valence electrons. The van der Waals surface area contributed by atoms with E-state index in [-0.39, 0.29) is 6.54 Å². The summed E-state index contributed by atoms with van der Waals surface area (Å²) in [7, 11) is 0. The number of primary amides is 1. The van der Waals surface area contributed by atoms with Crippen molar-refractivity contribution in [3.05, 3.63) is 42.0 Å². The SMILES string of the molecule is N#Cc1cccc(-c2nnc3ccc(NCC(N)=O)nn23)c1. The minimum absolute atomic E-state index is 0.0140. The van der Waals surface area contributed by atoms with Gasteiger partial charge in [-0.15, -0.1) is 15.3 Å². The second-order valence-electron chi connectivity index (χ2n) is 4.52. The highest BCUT2D eigenvalue weighted by atomic mass is 16.1. The van der Waals surface area contributed by atoms with Gasteiger partial charge in [0.15, 0.2) is 11.5 Å². The predicted molar refractivity (Wildman–Crippen MR) is 78.6 cm³/mol. The number of hydrogen-bond donors (Lipinski definition) is 2. The number of rotatable bonds is 4. The summed E-state index contributed by atoms with van der Waals surface area (Å²) in [6.45, 7) is -0.0140. The van der Waals surface area contributed by atoms with Crippen molar-refractivity contribution in [3.8, 4) is 17.5 Å². The summed E-state index contributed by atoms with van der Waals surface area (Å²) in [5.74, 6) is 0.506. The largest absolute Gasteiger partial charge is 0.368 e. The molecule has 1 amide bonds. The van der Waals surface area contributed by atoms with E-state index in [9.17, 15) is 4.79 Å². The molecule has 0 spiro atoms. The van der Waals surface area contributed by atoms with Crippen molar-refractivity contribution in [2.24, 2.45) is 5.73 Å². The molecule has 0 bridgehead atoms. The summed E-state index contributed by atoms with van der Waals surface area (Å²) in [4.78, 5) is 10.8. The lowest BCUT2D eigenvalue weighted by Gasteiger charge is -2.04. The van der Waals surface area contributed by atoms with Crippen molar-refractivity contribution in [2.45, 2.75) is 0 Å². The number of carbonyl (C=O) groups excluding carboxylic acids is 1. The summed E-state index contributed by atoms with van der Waals surface area (Å²) >= 11 is 0. The van der Waals surface area contributed by atoms with Gasteiger partial charge in [-0.05, 0) is 24.3 Å². The van der Waals surface area contributed by atoms with Crippen molar-refractivity contribution >= 4 is 17.4 Å². The Morgan fingerprint density at radius 3 is 2.95 bits per heavy atom. The summed E-state index contributed by atoms with van der Waals surface area (Å²) in [5.41, 5.74) is 6.91. The average Bonchev–Trinajstić information content (AvgIpc) is 2.96. The van der Waals surface area contributed by atoms with Gasteiger partial charge in [-0.3, -0.25) is 4.79 Å². The Hall–Kier alpha value is -3.47. The Kier molecular flexibility index (Phi) is 3.37. The molecular weight excluding hydrogens is 282 g/mol. The fourth-order valence-corrected chi connectivity index (χ4v) is 1.97. The molecule has 2 aromatic heterocycles. The maximum Gasteiger partial charge on any atom is 0.236 e. The van der Waals surface area contributed by atoms with Crippen LogP contribution in [0.5, 0.6) is 0 Å². The zero-order valence-electron chi connectivity index (χ0n) is 11.4. The van der Waals surface area contributed by atoms with Crippen LogP contribution in [0.4, 0.5) is 5.82 Å². The standard InChI is InChI=1S/C14H11N7O/c15-7-9-2-1-3-10(6-9)14-19-18-13-5-4-12(20-21(13)14)17-8-11(16)22/h1-6H,8H2,(H2,16,22)(H,17,20). The van der Waals surface area contributed by atoms with Gasteiger partial charge < -0.3 is 11.1 Å². The van der Waals surface area contributed by atoms with E-state index in [1.165, 1.54) is 0 Å². The van der Waals surface area contributed by atoms with Crippen LogP contribution in [0.3, 0.4) is 0 Å². The molecule has 0 atom stereocenters. The van der Waals surface area contributed by atoms with Crippen LogP contribution in [-0.2, 0) is 4.79 Å². The van der Waals surface area contributed by atoms with Gasteiger partial charge in [0.1, 0.15) is 5.82 Å². The lowest BCUT2D eigenvalue weighted by molar-refractivity contribution is -0.116. The van der Waals surface area contributed by atoms with E-state index in [0.29, 0.717) is 22.9 Å². The van der Waals surface area contributed by atoms with Crippen LogP contribution >= 0.6 is 0 Å². The first-order chi connectivity index (χ1) is 10.7. The predicted octanol–water partition coefficient (Wildman–Crippen LogP) is 0.560. The molecule has 22 heavy (non-hydrogen) atoms. The molecule has 0 aliphatic heterocycles. The van der Waals surface area contributed by atoms with E-state index in [0.717, 1.165) is 5.56 Å². The van der Waals surface area contributed by atoms with Crippen molar-refractivity contribution in [3.63, 3.8) is 0 Å². The molecule has 0 saturated heterocycles. The molecule has 0 aliphatic carbocycles. The highest BCUT2D eigenvalue weighted by Crippen LogP contribution is 2.19. The van der Waals surface area contributed by atoms with Gasteiger partial charge in [-0.2, -0.15) is 9.78 Å². The monoisotopic (exact) mass is 293 g/mol. The number of hydrogen-bond acceptors (Lipinski definition) is 6. The molecule has 3 N–H and O–H groups in total. The number of anilines is 1. The Morgan fingerprint density at radius 1 is 1.32 bits per heavy atom. The Balaban J connectivity index is 2.04. The molecule has 0 radical (unpaired) electrons. The highest BCUT2D eigenvalue weighted by Gasteiger charge is 2.10.